The van der Waals surface area contributed by atoms with E-state index in [1.54, 1.807) is 0 Å². The molecule has 1 rings (SSSR count). The second kappa shape index (κ2) is 6.09. The summed E-state index contributed by atoms with van der Waals surface area (Å²) >= 11 is 5.79. The average Bonchev–Trinajstić information content (AvgIpc) is 2.34. The lowest BCUT2D eigenvalue weighted by Gasteiger charge is -2.13. The second-order valence-corrected chi connectivity index (χ2v) is 4.38. The summed E-state index contributed by atoms with van der Waals surface area (Å²) in [5.74, 6) is -0.762. The van der Waals surface area contributed by atoms with Gasteiger partial charge in [0.2, 0.25) is 0 Å². The minimum absolute atomic E-state index is 0.142. The quantitative estimate of drug-likeness (QED) is 0.841. The van der Waals surface area contributed by atoms with Crippen molar-refractivity contribution in [3.05, 3.63) is 35.4 Å². The summed E-state index contributed by atoms with van der Waals surface area (Å²) in [6.45, 7) is 1.97. The first-order valence-electron chi connectivity index (χ1n) is 5.44. The molecule has 2 nitrogen and oxygen atoms in total. The molecule has 0 aliphatic carbocycles. The van der Waals surface area contributed by atoms with Gasteiger partial charge in [-0.15, -0.1) is 11.6 Å². The summed E-state index contributed by atoms with van der Waals surface area (Å²) in [5.41, 5.74) is -1.32. The Kier molecular flexibility index (Phi) is 5.02. The first-order valence-corrected chi connectivity index (χ1v) is 5.88. The number of benzene rings is 1. The van der Waals surface area contributed by atoms with Gasteiger partial charge in [0.1, 0.15) is 0 Å². The van der Waals surface area contributed by atoms with Crippen LogP contribution >= 0.6 is 11.6 Å². The van der Waals surface area contributed by atoms with Crippen LogP contribution in [0.1, 0.15) is 29.3 Å². The topological polar surface area (TPSA) is 29.1 Å². The number of hydrogen-bond acceptors (Lipinski definition) is 1. The maximum Gasteiger partial charge on any atom is 0.417 e. The highest BCUT2D eigenvalue weighted by Gasteiger charge is 2.34. The Bertz CT molecular complexity index is 420. The monoisotopic (exact) mass is 279 g/mol. The fourth-order valence-corrected chi connectivity index (χ4v) is 1.45. The second-order valence-electron chi connectivity index (χ2n) is 3.76. The Morgan fingerprint density at radius 3 is 2.56 bits per heavy atom. The standard InChI is InChI=1S/C12H13ClF3NO/c1-2-8(13)7-17-11(18)9-5-3-4-6-10(9)12(14,15)16/h3-6,8H,2,7H2,1H3,(H,17,18). The molecule has 1 aromatic rings. The SMILES string of the molecule is CCC(Cl)CNC(=O)c1ccccc1C(F)(F)F. The van der Waals surface area contributed by atoms with Crippen molar-refractivity contribution >= 4 is 17.5 Å². The first kappa shape index (κ1) is 14.8. The zero-order valence-corrected chi connectivity index (χ0v) is 10.5. The minimum Gasteiger partial charge on any atom is -0.351 e. The maximum absolute atomic E-state index is 12.7. The molecule has 0 bridgehead atoms. The van der Waals surface area contributed by atoms with E-state index in [0.717, 1.165) is 12.1 Å². The molecule has 0 heterocycles. The van der Waals surface area contributed by atoms with Gasteiger partial charge in [-0.1, -0.05) is 19.1 Å². The molecule has 1 amide bonds. The molecule has 0 aliphatic heterocycles. The van der Waals surface area contributed by atoms with Crippen LogP contribution in [-0.2, 0) is 6.18 Å². The third-order valence-corrected chi connectivity index (χ3v) is 2.87. The van der Waals surface area contributed by atoms with Crippen molar-refractivity contribution < 1.29 is 18.0 Å². The van der Waals surface area contributed by atoms with Gasteiger partial charge in [0, 0.05) is 6.54 Å². The number of nitrogens with one attached hydrogen (secondary N) is 1. The Morgan fingerprint density at radius 1 is 1.39 bits per heavy atom. The van der Waals surface area contributed by atoms with Gasteiger partial charge in [-0.05, 0) is 18.6 Å². The number of carbonyl (C=O) groups is 1. The van der Waals surface area contributed by atoms with E-state index in [0.29, 0.717) is 6.42 Å². The number of halogens is 4. The number of hydrogen-bond donors (Lipinski definition) is 1. The Labute approximate surface area is 108 Å². The Hall–Kier alpha value is -1.23. The van der Waals surface area contributed by atoms with Crippen molar-refractivity contribution in [3.8, 4) is 0 Å². The molecule has 0 saturated heterocycles. The van der Waals surface area contributed by atoms with Crippen molar-refractivity contribution in [2.45, 2.75) is 24.9 Å². The zero-order valence-electron chi connectivity index (χ0n) is 9.72. The highest BCUT2D eigenvalue weighted by Crippen LogP contribution is 2.31. The van der Waals surface area contributed by atoms with Crippen LogP contribution in [0.5, 0.6) is 0 Å². The predicted molar refractivity (Wildman–Crippen MR) is 63.7 cm³/mol. The van der Waals surface area contributed by atoms with Crippen LogP contribution in [0, 0.1) is 0 Å². The molecular weight excluding hydrogens is 267 g/mol. The Morgan fingerprint density at radius 2 is 2.00 bits per heavy atom. The molecule has 1 atom stereocenters. The van der Waals surface area contributed by atoms with Crippen LogP contribution in [0.25, 0.3) is 0 Å². The maximum atomic E-state index is 12.7. The van der Waals surface area contributed by atoms with Gasteiger partial charge in [-0.3, -0.25) is 4.79 Å². The van der Waals surface area contributed by atoms with Crippen molar-refractivity contribution in [1.29, 1.82) is 0 Å². The van der Waals surface area contributed by atoms with Crippen LogP contribution in [0.3, 0.4) is 0 Å². The Balaban J connectivity index is 2.86. The van der Waals surface area contributed by atoms with E-state index < -0.39 is 17.6 Å². The van der Waals surface area contributed by atoms with Crippen molar-refractivity contribution in [3.63, 3.8) is 0 Å². The summed E-state index contributed by atoms with van der Waals surface area (Å²) in [6, 6.07) is 4.67. The van der Waals surface area contributed by atoms with Crippen molar-refractivity contribution in [2.24, 2.45) is 0 Å². The highest BCUT2D eigenvalue weighted by atomic mass is 35.5. The zero-order chi connectivity index (χ0) is 13.8. The molecule has 0 spiro atoms. The lowest BCUT2D eigenvalue weighted by molar-refractivity contribution is -0.137. The summed E-state index contributed by atoms with van der Waals surface area (Å²) in [4.78, 5) is 11.7. The van der Waals surface area contributed by atoms with Gasteiger partial charge in [0.15, 0.2) is 0 Å². The van der Waals surface area contributed by atoms with Gasteiger partial charge in [-0.25, -0.2) is 0 Å². The third kappa shape index (κ3) is 3.91. The van der Waals surface area contributed by atoms with Crippen molar-refractivity contribution in [2.75, 3.05) is 6.54 Å². The van der Waals surface area contributed by atoms with E-state index in [4.69, 9.17) is 11.6 Å². The predicted octanol–water partition coefficient (Wildman–Crippen LogP) is 3.45. The van der Waals surface area contributed by atoms with Gasteiger partial charge >= 0.3 is 6.18 Å². The molecule has 0 aromatic heterocycles. The molecule has 100 valence electrons. The normalized spacial score (nSPS) is 13.2. The molecule has 1 unspecified atom stereocenters. The summed E-state index contributed by atoms with van der Waals surface area (Å²) < 4.78 is 38.0. The molecule has 0 fully saturated rings. The molecule has 1 N–H and O–H groups in total. The van der Waals surface area contributed by atoms with E-state index >= 15 is 0 Å². The molecule has 0 saturated carbocycles. The van der Waals surface area contributed by atoms with Crippen LogP contribution in [-0.4, -0.2) is 17.8 Å². The molecule has 18 heavy (non-hydrogen) atoms. The van der Waals surface area contributed by atoms with E-state index in [1.165, 1.54) is 12.1 Å². The van der Waals surface area contributed by atoms with Crippen LogP contribution in [0.2, 0.25) is 0 Å². The molecular formula is C12H13ClF3NO. The fraction of sp³-hybridized carbons (Fsp3) is 0.417. The van der Waals surface area contributed by atoms with Gasteiger partial charge in [-0.2, -0.15) is 13.2 Å². The number of alkyl halides is 4. The van der Waals surface area contributed by atoms with Crippen LogP contribution in [0.4, 0.5) is 13.2 Å². The van der Waals surface area contributed by atoms with E-state index in [2.05, 4.69) is 5.32 Å². The first-order chi connectivity index (χ1) is 8.36. The summed E-state index contributed by atoms with van der Waals surface area (Å²) in [6.07, 6.45) is -3.91. The average molecular weight is 280 g/mol. The van der Waals surface area contributed by atoms with Crippen LogP contribution in [0.15, 0.2) is 24.3 Å². The van der Waals surface area contributed by atoms with E-state index in [1.807, 2.05) is 6.92 Å². The van der Waals surface area contributed by atoms with Gasteiger partial charge in [0.25, 0.3) is 5.91 Å². The lowest BCUT2D eigenvalue weighted by atomic mass is 10.1. The lowest BCUT2D eigenvalue weighted by Crippen LogP contribution is -2.31. The molecule has 6 heteroatoms. The highest BCUT2D eigenvalue weighted by molar-refractivity contribution is 6.20. The third-order valence-electron chi connectivity index (χ3n) is 2.40. The van der Waals surface area contributed by atoms with Crippen molar-refractivity contribution in [1.82, 2.24) is 5.32 Å². The van der Waals surface area contributed by atoms with E-state index in [9.17, 15) is 18.0 Å². The minimum atomic E-state index is -4.54. The van der Waals surface area contributed by atoms with E-state index in [-0.39, 0.29) is 17.5 Å². The van der Waals surface area contributed by atoms with Crippen LogP contribution < -0.4 is 5.32 Å². The summed E-state index contributed by atoms with van der Waals surface area (Å²) in [5, 5.41) is 2.11. The summed E-state index contributed by atoms with van der Waals surface area (Å²) in [7, 11) is 0. The largest absolute Gasteiger partial charge is 0.417 e. The van der Waals surface area contributed by atoms with Gasteiger partial charge in [0.05, 0.1) is 16.5 Å². The smallest absolute Gasteiger partial charge is 0.351 e. The molecule has 1 aromatic carbocycles. The number of rotatable bonds is 4. The molecule has 0 radical (unpaired) electrons. The molecule has 0 aliphatic rings. The number of carbonyl (C=O) groups excluding carboxylic acids is 1. The number of amides is 1. The fourth-order valence-electron chi connectivity index (χ4n) is 1.37. The van der Waals surface area contributed by atoms with Gasteiger partial charge < -0.3 is 5.32 Å².